The predicted molar refractivity (Wildman–Crippen MR) is 126 cm³/mol. The molecule has 0 saturated heterocycles. The summed E-state index contributed by atoms with van der Waals surface area (Å²) < 4.78 is 38.7. The number of anilines is 1. The van der Waals surface area contributed by atoms with Crippen molar-refractivity contribution in [3.8, 4) is 11.5 Å². The molecule has 0 unspecified atom stereocenters. The fourth-order valence-electron chi connectivity index (χ4n) is 3.23. The Kier molecular flexibility index (Phi) is 7.70. The largest absolute Gasteiger partial charge is 0.497 e. The van der Waals surface area contributed by atoms with Gasteiger partial charge in [0.1, 0.15) is 11.5 Å². The standard InChI is InChI=1S/C22H27N3O5S2/c1-5-9-25(10-6-2)32(27,28)18-7-8-19-20(14-18)31-22(23-19)24-21(26)15-11-16(29-3)13-17(12-15)30-4/h7-8,11-14H,5-6,9-10H2,1-4H3,(H,23,24,26). The summed E-state index contributed by atoms with van der Waals surface area (Å²) in [6.45, 7) is 4.86. The Morgan fingerprint density at radius 1 is 1.03 bits per heavy atom. The van der Waals surface area contributed by atoms with Gasteiger partial charge in [0.05, 0.1) is 29.3 Å². The van der Waals surface area contributed by atoms with Gasteiger partial charge in [0.25, 0.3) is 5.91 Å². The monoisotopic (exact) mass is 477 g/mol. The average Bonchev–Trinajstić information content (AvgIpc) is 3.19. The Hall–Kier alpha value is -2.69. The van der Waals surface area contributed by atoms with E-state index in [2.05, 4.69) is 10.3 Å². The number of fused-ring (bicyclic) bond motifs is 1. The number of carbonyl (C=O) groups excluding carboxylic acids is 1. The molecule has 0 fully saturated rings. The lowest BCUT2D eigenvalue weighted by molar-refractivity contribution is 0.102. The second kappa shape index (κ2) is 10.3. The molecule has 0 aliphatic carbocycles. The molecular formula is C22H27N3O5S2. The number of nitrogens with one attached hydrogen (secondary N) is 1. The van der Waals surface area contributed by atoms with Gasteiger partial charge in [-0.15, -0.1) is 0 Å². The van der Waals surface area contributed by atoms with Crippen molar-refractivity contribution >= 4 is 42.6 Å². The van der Waals surface area contributed by atoms with Crippen molar-refractivity contribution in [2.75, 3.05) is 32.6 Å². The van der Waals surface area contributed by atoms with Crippen LogP contribution in [0.4, 0.5) is 5.13 Å². The van der Waals surface area contributed by atoms with E-state index in [0.717, 1.165) is 12.8 Å². The normalized spacial score (nSPS) is 11.7. The Morgan fingerprint density at radius 3 is 2.22 bits per heavy atom. The molecule has 8 nitrogen and oxygen atoms in total. The molecule has 2 aromatic carbocycles. The molecule has 172 valence electrons. The van der Waals surface area contributed by atoms with Crippen molar-refractivity contribution in [3.63, 3.8) is 0 Å². The number of methoxy groups -OCH3 is 2. The molecule has 0 atom stereocenters. The summed E-state index contributed by atoms with van der Waals surface area (Å²) in [7, 11) is -0.569. The second-order valence-corrected chi connectivity index (χ2v) is 10.1. The Bertz CT molecular complexity index is 1180. The van der Waals surface area contributed by atoms with E-state index in [1.54, 1.807) is 36.4 Å². The zero-order valence-corrected chi connectivity index (χ0v) is 20.2. The van der Waals surface area contributed by atoms with Gasteiger partial charge in [-0.2, -0.15) is 4.31 Å². The molecule has 0 aliphatic heterocycles. The van der Waals surface area contributed by atoms with Crippen molar-refractivity contribution < 1.29 is 22.7 Å². The minimum absolute atomic E-state index is 0.228. The van der Waals surface area contributed by atoms with Crippen molar-refractivity contribution in [1.29, 1.82) is 0 Å². The third kappa shape index (κ3) is 5.20. The maximum absolute atomic E-state index is 13.1. The van der Waals surface area contributed by atoms with Gasteiger partial charge < -0.3 is 9.47 Å². The van der Waals surface area contributed by atoms with Crippen LogP contribution in [-0.2, 0) is 10.0 Å². The number of amides is 1. The van der Waals surface area contributed by atoms with Gasteiger partial charge >= 0.3 is 0 Å². The van der Waals surface area contributed by atoms with Crippen LogP contribution in [0.3, 0.4) is 0 Å². The van der Waals surface area contributed by atoms with Crippen LogP contribution in [0.2, 0.25) is 0 Å². The topological polar surface area (TPSA) is 97.8 Å². The van der Waals surface area contributed by atoms with Gasteiger partial charge in [0.2, 0.25) is 10.0 Å². The summed E-state index contributed by atoms with van der Waals surface area (Å²) in [5, 5.41) is 3.14. The fourth-order valence-corrected chi connectivity index (χ4v) is 5.85. The van der Waals surface area contributed by atoms with E-state index < -0.39 is 10.0 Å². The van der Waals surface area contributed by atoms with Crippen LogP contribution in [-0.4, -0.2) is 50.9 Å². The number of ether oxygens (including phenoxy) is 2. The summed E-state index contributed by atoms with van der Waals surface area (Å²) >= 11 is 1.22. The summed E-state index contributed by atoms with van der Waals surface area (Å²) in [5.74, 6) is 0.626. The number of aromatic nitrogens is 1. The summed E-state index contributed by atoms with van der Waals surface area (Å²) in [6.07, 6.45) is 1.49. The molecular weight excluding hydrogens is 450 g/mol. The number of nitrogens with zero attached hydrogens (tertiary/aromatic N) is 2. The first-order chi connectivity index (χ1) is 15.3. The van der Waals surface area contributed by atoms with Crippen LogP contribution in [0.1, 0.15) is 37.0 Å². The minimum Gasteiger partial charge on any atom is -0.497 e. The van der Waals surface area contributed by atoms with Gasteiger partial charge in [0.15, 0.2) is 5.13 Å². The van der Waals surface area contributed by atoms with E-state index in [1.165, 1.54) is 29.9 Å². The zero-order valence-electron chi connectivity index (χ0n) is 18.5. The summed E-state index contributed by atoms with van der Waals surface area (Å²) in [5.41, 5.74) is 0.975. The van der Waals surface area contributed by atoms with Crippen LogP contribution in [0, 0.1) is 0 Å². The SMILES string of the molecule is CCCN(CCC)S(=O)(=O)c1ccc2nc(NC(=O)c3cc(OC)cc(OC)c3)sc2c1. The second-order valence-electron chi connectivity index (χ2n) is 7.11. The molecule has 1 N–H and O–H groups in total. The van der Waals surface area contributed by atoms with E-state index in [0.29, 0.717) is 45.5 Å². The van der Waals surface area contributed by atoms with Gasteiger partial charge in [-0.05, 0) is 43.2 Å². The number of carbonyl (C=O) groups is 1. The highest BCUT2D eigenvalue weighted by molar-refractivity contribution is 7.89. The quantitative estimate of drug-likeness (QED) is 0.465. The lowest BCUT2D eigenvalue weighted by atomic mass is 10.2. The fraction of sp³-hybridized carbons (Fsp3) is 0.364. The molecule has 0 spiro atoms. The third-order valence-corrected chi connectivity index (χ3v) is 7.61. The highest BCUT2D eigenvalue weighted by Gasteiger charge is 2.24. The van der Waals surface area contributed by atoms with Crippen LogP contribution < -0.4 is 14.8 Å². The molecule has 0 bridgehead atoms. The molecule has 0 aliphatic rings. The van der Waals surface area contributed by atoms with Crippen LogP contribution >= 0.6 is 11.3 Å². The van der Waals surface area contributed by atoms with E-state index in [4.69, 9.17) is 9.47 Å². The molecule has 1 heterocycles. The Balaban J connectivity index is 1.87. The smallest absolute Gasteiger partial charge is 0.257 e. The van der Waals surface area contributed by atoms with Crippen LogP contribution in [0.25, 0.3) is 10.2 Å². The highest BCUT2D eigenvalue weighted by Crippen LogP contribution is 2.30. The molecule has 3 rings (SSSR count). The highest BCUT2D eigenvalue weighted by atomic mass is 32.2. The van der Waals surface area contributed by atoms with Crippen molar-refractivity contribution in [2.24, 2.45) is 0 Å². The van der Waals surface area contributed by atoms with Gasteiger partial charge in [-0.3, -0.25) is 10.1 Å². The molecule has 10 heteroatoms. The molecule has 32 heavy (non-hydrogen) atoms. The van der Waals surface area contributed by atoms with E-state index in [9.17, 15) is 13.2 Å². The van der Waals surface area contributed by atoms with Crippen LogP contribution in [0.5, 0.6) is 11.5 Å². The first-order valence-corrected chi connectivity index (χ1v) is 12.5. The third-order valence-electron chi connectivity index (χ3n) is 4.78. The average molecular weight is 478 g/mol. The molecule has 1 amide bonds. The maximum Gasteiger partial charge on any atom is 0.257 e. The number of hydrogen-bond acceptors (Lipinski definition) is 7. The Labute approximate surface area is 192 Å². The molecule has 0 saturated carbocycles. The molecule has 1 aromatic heterocycles. The van der Waals surface area contributed by atoms with E-state index >= 15 is 0 Å². The predicted octanol–water partition coefficient (Wildman–Crippen LogP) is 4.38. The lowest BCUT2D eigenvalue weighted by Crippen LogP contribution is -2.32. The number of hydrogen-bond donors (Lipinski definition) is 1. The lowest BCUT2D eigenvalue weighted by Gasteiger charge is -2.20. The van der Waals surface area contributed by atoms with E-state index in [1.807, 2.05) is 13.8 Å². The van der Waals surface area contributed by atoms with Crippen LogP contribution in [0.15, 0.2) is 41.3 Å². The number of rotatable bonds is 10. The minimum atomic E-state index is -3.59. The number of thiazole rings is 1. The van der Waals surface area contributed by atoms with Crippen molar-refractivity contribution in [2.45, 2.75) is 31.6 Å². The van der Waals surface area contributed by atoms with E-state index in [-0.39, 0.29) is 10.8 Å². The Morgan fingerprint density at radius 2 is 1.66 bits per heavy atom. The van der Waals surface area contributed by atoms with Gasteiger partial charge in [-0.1, -0.05) is 25.2 Å². The first kappa shape index (κ1) is 24.0. The zero-order chi connectivity index (χ0) is 23.3. The van der Waals surface area contributed by atoms with Crippen molar-refractivity contribution in [3.05, 3.63) is 42.0 Å². The maximum atomic E-state index is 13.1. The number of benzene rings is 2. The number of sulfonamides is 1. The van der Waals surface area contributed by atoms with Gasteiger partial charge in [0, 0.05) is 24.7 Å². The molecule has 0 radical (unpaired) electrons. The molecule has 3 aromatic rings. The first-order valence-electron chi connectivity index (χ1n) is 10.3. The van der Waals surface area contributed by atoms with Gasteiger partial charge in [-0.25, -0.2) is 13.4 Å². The van der Waals surface area contributed by atoms with Crippen molar-refractivity contribution in [1.82, 2.24) is 9.29 Å². The summed E-state index contributed by atoms with van der Waals surface area (Å²) in [6, 6.07) is 9.73. The summed E-state index contributed by atoms with van der Waals surface area (Å²) in [4.78, 5) is 17.4.